The summed E-state index contributed by atoms with van der Waals surface area (Å²) in [5, 5.41) is 3.01. The highest BCUT2D eigenvalue weighted by Gasteiger charge is 2.25. The molecule has 3 nitrogen and oxygen atoms in total. The first-order chi connectivity index (χ1) is 6.27. The van der Waals surface area contributed by atoms with Gasteiger partial charge in [0.2, 0.25) is 5.91 Å². The summed E-state index contributed by atoms with van der Waals surface area (Å²) >= 11 is 0. The molecule has 0 unspecified atom stereocenters. The van der Waals surface area contributed by atoms with Crippen LogP contribution in [0.25, 0.3) is 0 Å². The van der Waals surface area contributed by atoms with Crippen LogP contribution in [0.15, 0.2) is 0 Å². The van der Waals surface area contributed by atoms with Crippen LogP contribution in [0.1, 0.15) is 39.0 Å². The number of carbonyl (C=O) groups is 1. The quantitative estimate of drug-likeness (QED) is 0.723. The Morgan fingerprint density at radius 3 is 2.77 bits per heavy atom. The highest BCUT2D eigenvalue weighted by molar-refractivity contribution is 5.75. The first-order valence-electron chi connectivity index (χ1n) is 5.10. The SMILES string of the molecule is CCC(=O)N[C@H]1CCCC[C@@H]1OC. The van der Waals surface area contributed by atoms with Crippen molar-refractivity contribution >= 4 is 5.91 Å². The molecule has 0 aromatic carbocycles. The van der Waals surface area contributed by atoms with Gasteiger partial charge in [0.25, 0.3) is 0 Å². The largest absolute Gasteiger partial charge is 0.379 e. The second-order valence-electron chi connectivity index (χ2n) is 3.59. The van der Waals surface area contributed by atoms with Gasteiger partial charge in [-0.1, -0.05) is 19.8 Å². The van der Waals surface area contributed by atoms with Crippen molar-refractivity contribution < 1.29 is 9.53 Å². The smallest absolute Gasteiger partial charge is 0.220 e. The molecule has 0 aliphatic heterocycles. The van der Waals surface area contributed by atoms with Gasteiger partial charge in [0.15, 0.2) is 0 Å². The van der Waals surface area contributed by atoms with Crippen molar-refractivity contribution in [1.29, 1.82) is 0 Å². The monoisotopic (exact) mass is 185 g/mol. The van der Waals surface area contributed by atoms with E-state index in [1.54, 1.807) is 7.11 Å². The van der Waals surface area contributed by atoms with Crippen LogP contribution >= 0.6 is 0 Å². The number of rotatable bonds is 3. The van der Waals surface area contributed by atoms with Gasteiger partial charge < -0.3 is 10.1 Å². The maximum atomic E-state index is 11.2. The molecule has 0 heterocycles. The normalized spacial score (nSPS) is 28.5. The topological polar surface area (TPSA) is 38.3 Å². The molecule has 1 rings (SSSR count). The molecular weight excluding hydrogens is 166 g/mol. The van der Waals surface area contributed by atoms with Gasteiger partial charge in [-0.25, -0.2) is 0 Å². The van der Waals surface area contributed by atoms with Crippen molar-refractivity contribution in [2.24, 2.45) is 0 Å². The molecule has 1 N–H and O–H groups in total. The summed E-state index contributed by atoms with van der Waals surface area (Å²) in [6.45, 7) is 1.87. The molecule has 0 saturated heterocycles. The van der Waals surface area contributed by atoms with E-state index in [9.17, 15) is 4.79 Å². The summed E-state index contributed by atoms with van der Waals surface area (Å²) in [7, 11) is 1.72. The number of nitrogens with one attached hydrogen (secondary N) is 1. The van der Waals surface area contributed by atoms with Crippen molar-refractivity contribution in [3.63, 3.8) is 0 Å². The molecule has 3 heteroatoms. The zero-order valence-corrected chi connectivity index (χ0v) is 8.51. The minimum Gasteiger partial charge on any atom is -0.379 e. The van der Waals surface area contributed by atoms with Crippen LogP contribution < -0.4 is 5.32 Å². The van der Waals surface area contributed by atoms with E-state index < -0.39 is 0 Å². The Morgan fingerprint density at radius 1 is 1.46 bits per heavy atom. The summed E-state index contributed by atoms with van der Waals surface area (Å²) in [6.07, 6.45) is 5.35. The Labute approximate surface area is 79.8 Å². The fraction of sp³-hybridized carbons (Fsp3) is 0.900. The molecule has 1 aliphatic rings. The molecule has 0 spiro atoms. The van der Waals surface area contributed by atoms with Crippen molar-refractivity contribution in [1.82, 2.24) is 5.32 Å². The maximum Gasteiger partial charge on any atom is 0.220 e. The fourth-order valence-corrected chi connectivity index (χ4v) is 1.85. The van der Waals surface area contributed by atoms with E-state index >= 15 is 0 Å². The lowest BCUT2D eigenvalue weighted by atomic mass is 9.92. The van der Waals surface area contributed by atoms with E-state index in [0.717, 1.165) is 12.8 Å². The molecular formula is C10H19NO2. The van der Waals surface area contributed by atoms with Crippen LogP contribution in [-0.4, -0.2) is 25.2 Å². The zero-order valence-electron chi connectivity index (χ0n) is 8.51. The van der Waals surface area contributed by atoms with Crippen molar-refractivity contribution in [2.75, 3.05) is 7.11 Å². The van der Waals surface area contributed by atoms with Gasteiger partial charge in [-0.3, -0.25) is 4.79 Å². The standard InChI is InChI=1S/C10H19NO2/c1-3-10(12)11-8-6-4-5-7-9(8)13-2/h8-9H,3-7H2,1-2H3,(H,11,12)/t8-,9-/m0/s1. The minimum absolute atomic E-state index is 0.133. The van der Waals surface area contributed by atoms with Crippen molar-refractivity contribution in [3.05, 3.63) is 0 Å². The van der Waals surface area contributed by atoms with Gasteiger partial charge in [0, 0.05) is 13.5 Å². The number of carbonyl (C=O) groups excluding carboxylic acids is 1. The second-order valence-corrected chi connectivity index (χ2v) is 3.59. The van der Waals surface area contributed by atoms with Crippen molar-refractivity contribution in [2.45, 2.75) is 51.2 Å². The van der Waals surface area contributed by atoms with E-state index in [1.165, 1.54) is 12.8 Å². The predicted molar refractivity (Wildman–Crippen MR) is 51.5 cm³/mol. The van der Waals surface area contributed by atoms with Crippen LogP contribution in [0.4, 0.5) is 0 Å². The predicted octanol–water partition coefficient (Wildman–Crippen LogP) is 1.47. The minimum atomic E-state index is 0.133. The first kappa shape index (κ1) is 10.5. The summed E-state index contributed by atoms with van der Waals surface area (Å²) < 4.78 is 5.33. The van der Waals surface area contributed by atoms with Crippen molar-refractivity contribution in [3.8, 4) is 0 Å². The number of ether oxygens (including phenoxy) is 1. The van der Waals surface area contributed by atoms with E-state index in [2.05, 4.69) is 5.32 Å². The van der Waals surface area contributed by atoms with E-state index in [0.29, 0.717) is 6.42 Å². The zero-order chi connectivity index (χ0) is 9.68. The summed E-state index contributed by atoms with van der Waals surface area (Å²) in [5.74, 6) is 0.133. The lowest BCUT2D eigenvalue weighted by molar-refractivity contribution is -0.123. The molecule has 2 atom stereocenters. The van der Waals surface area contributed by atoms with Gasteiger partial charge in [-0.05, 0) is 12.8 Å². The molecule has 0 radical (unpaired) electrons. The number of hydrogen-bond donors (Lipinski definition) is 1. The second kappa shape index (κ2) is 5.22. The molecule has 0 aromatic rings. The van der Waals surface area contributed by atoms with Gasteiger partial charge >= 0.3 is 0 Å². The molecule has 1 saturated carbocycles. The number of hydrogen-bond acceptors (Lipinski definition) is 2. The van der Waals surface area contributed by atoms with E-state index in [1.807, 2.05) is 6.92 Å². The van der Waals surface area contributed by atoms with Gasteiger partial charge in [-0.15, -0.1) is 0 Å². The highest BCUT2D eigenvalue weighted by Crippen LogP contribution is 2.20. The average Bonchev–Trinajstić information content (AvgIpc) is 2.18. The Bertz CT molecular complexity index is 170. The molecule has 0 bridgehead atoms. The van der Waals surface area contributed by atoms with Crippen LogP contribution in [0, 0.1) is 0 Å². The summed E-state index contributed by atoms with van der Waals surface area (Å²) in [4.78, 5) is 11.2. The third-order valence-corrected chi connectivity index (χ3v) is 2.67. The molecule has 76 valence electrons. The van der Waals surface area contributed by atoms with Crippen LogP contribution in [0.5, 0.6) is 0 Å². The number of methoxy groups -OCH3 is 1. The average molecular weight is 185 g/mol. The summed E-state index contributed by atoms with van der Waals surface area (Å²) in [5.41, 5.74) is 0. The molecule has 1 aliphatic carbocycles. The lowest BCUT2D eigenvalue weighted by Gasteiger charge is -2.30. The Balaban J connectivity index is 2.40. The summed E-state index contributed by atoms with van der Waals surface area (Å²) in [6, 6.07) is 0.242. The highest BCUT2D eigenvalue weighted by atomic mass is 16.5. The van der Waals surface area contributed by atoms with Gasteiger partial charge in [-0.2, -0.15) is 0 Å². The number of amides is 1. The van der Waals surface area contributed by atoms with Crippen LogP contribution in [0.3, 0.4) is 0 Å². The van der Waals surface area contributed by atoms with Crippen LogP contribution in [-0.2, 0) is 9.53 Å². The molecule has 1 fully saturated rings. The molecule has 13 heavy (non-hydrogen) atoms. The first-order valence-corrected chi connectivity index (χ1v) is 5.10. The third kappa shape index (κ3) is 2.99. The van der Waals surface area contributed by atoms with Gasteiger partial charge in [0.05, 0.1) is 12.1 Å². The van der Waals surface area contributed by atoms with Gasteiger partial charge in [0.1, 0.15) is 0 Å². The Hall–Kier alpha value is -0.570. The van der Waals surface area contributed by atoms with E-state index in [-0.39, 0.29) is 18.1 Å². The molecule has 1 amide bonds. The lowest BCUT2D eigenvalue weighted by Crippen LogP contribution is -2.45. The van der Waals surface area contributed by atoms with E-state index in [4.69, 9.17) is 4.74 Å². The Morgan fingerprint density at radius 2 is 2.15 bits per heavy atom. The maximum absolute atomic E-state index is 11.2. The third-order valence-electron chi connectivity index (χ3n) is 2.67. The Kier molecular flexibility index (Phi) is 4.22. The fourth-order valence-electron chi connectivity index (χ4n) is 1.85. The molecule has 0 aromatic heterocycles. The van der Waals surface area contributed by atoms with Crippen LogP contribution in [0.2, 0.25) is 0 Å².